The van der Waals surface area contributed by atoms with Crippen LogP contribution in [0.4, 0.5) is 8.78 Å². The number of aryl methyl sites for hydroxylation is 1. The summed E-state index contributed by atoms with van der Waals surface area (Å²) in [6.07, 6.45) is 1.43. The van der Waals surface area contributed by atoms with Crippen molar-refractivity contribution in [3.8, 4) is 17.6 Å². The van der Waals surface area contributed by atoms with E-state index in [1.807, 2.05) is 6.07 Å². The molecule has 3 rings (SSSR count). The number of nitrogens with zero attached hydrogens (tertiary/aromatic N) is 3. The highest BCUT2D eigenvalue weighted by atomic mass is 19.1. The molecule has 0 saturated carbocycles. The zero-order valence-corrected chi connectivity index (χ0v) is 15.8. The third kappa shape index (κ3) is 4.58. The first-order chi connectivity index (χ1) is 13.9. The molecule has 8 heteroatoms. The molecule has 0 saturated heterocycles. The average Bonchev–Trinajstić information content (AvgIpc) is 3.18. The van der Waals surface area contributed by atoms with E-state index in [0.29, 0.717) is 11.3 Å². The summed E-state index contributed by atoms with van der Waals surface area (Å²) < 4.78 is 39.8. The minimum absolute atomic E-state index is 0.0695. The summed E-state index contributed by atoms with van der Waals surface area (Å²) in [6.45, 7) is 1.70. The Bertz CT molecular complexity index is 1100. The zero-order valence-electron chi connectivity index (χ0n) is 15.8. The molecule has 6 nitrogen and oxygen atoms in total. The van der Waals surface area contributed by atoms with Gasteiger partial charge in [0.25, 0.3) is 0 Å². The Morgan fingerprint density at radius 1 is 1.17 bits per heavy atom. The molecule has 1 aromatic heterocycles. The summed E-state index contributed by atoms with van der Waals surface area (Å²) in [6, 6.07) is 10.4. The number of aromatic nitrogens is 2. The van der Waals surface area contributed by atoms with E-state index < -0.39 is 17.6 Å². The van der Waals surface area contributed by atoms with Crippen LogP contribution < -0.4 is 4.74 Å². The Hall–Kier alpha value is -3.73. The number of hydrogen-bond donors (Lipinski definition) is 0. The summed E-state index contributed by atoms with van der Waals surface area (Å²) in [7, 11) is 1.25. The van der Waals surface area contributed by atoms with Gasteiger partial charge in [-0.2, -0.15) is 5.26 Å². The van der Waals surface area contributed by atoms with Crippen molar-refractivity contribution in [2.24, 2.45) is 0 Å². The summed E-state index contributed by atoms with van der Waals surface area (Å²) in [5.74, 6) is -1.38. The van der Waals surface area contributed by atoms with Crippen molar-refractivity contribution in [1.82, 2.24) is 9.78 Å². The lowest BCUT2D eigenvalue weighted by Gasteiger charge is -2.10. The van der Waals surface area contributed by atoms with Gasteiger partial charge in [-0.25, -0.2) is 13.5 Å². The molecule has 0 aliphatic heterocycles. The third-order valence-electron chi connectivity index (χ3n) is 4.30. The van der Waals surface area contributed by atoms with Crippen LogP contribution in [0.5, 0.6) is 5.88 Å². The molecule has 2 aromatic carbocycles. The van der Waals surface area contributed by atoms with Gasteiger partial charge >= 0.3 is 5.97 Å². The van der Waals surface area contributed by atoms with Gasteiger partial charge in [-0.1, -0.05) is 12.1 Å². The second kappa shape index (κ2) is 8.52. The Morgan fingerprint density at radius 2 is 1.93 bits per heavy atom. The number of methoxy groups -OCH3 is 1. The van der Waals surface area contributed by atoms with E-state index in [4.69, 9.17) is 10.00 Å². The van der Waals surface area contributed by atoms with Gasteiger partial charge in [-0.15, -0.1) is 5.10 Å². The number of carbonyl (C=O) groups excluding carboxylic acids is 1. The Balaban J connectivity index is 1.75. The summed E-state index contributed by atoms with van der Waals surface area (Å²) in [4.78, 5) is 11.4. The Morgan fingerprint density at radius 3 is 2.62 bits per heavy atom. The van der Waals surface area contributed by atoms with Crippen LogP contribution in [-0.4, -0.2) is 22.9 Å². The molecule has 0 aliphatic carbocycles. The van der Waals surface area contributed by atoms with Crippen LogP contribution >= 0.6 is 0 Å². The fourth-order valence-electron chi connectivity index (χ4n) is 2.74. The van der Waals surface area contributed by atoms with Crippen molar-refractivity contribution in [2.75, 3.05) is 7.11 Å². The normalized spacial score (nSPS) is 10.4. The number of ether oxygens (including phenoxy) is 2. The van der Waals surface area contributed by atoms with Crippen LogP contribution in [0, 0.1) is 29.9 Å². The van der Waals surface area contributed by atoms with Gasteiger partial charge in [-0.05, 0) is 30.2 Å². The van der Waals surface area contributed by atoms with E-state index >= 15 is 0 Å². The molecule has 0 atom stereocenters. The van der Waals surface area contributed by atoms with Crippen LogP contribution in [-0.2, 0) is 22.6 Å². The molecule has 0 radical (unpaired) electrons. The van der Waals surface area contributed by atoms with E-state index in [-0.39, 0.29) is 35.6 Å². The standard InChI is InChI=1S/C21H17F2N3O3/c1-13-7-16(9-21(27)28-2)18(23)10-19(13)26-6-5-20(25-26)29-12-15-4-3-14(11-24)8-17(15)22/h3-8,10H,9,12H2,1-2H3. The van der Waals surface area contributed by atoms with Crippen LogP contribution in [0.2, 0.25) is 0 Å². The minimum Gasteiger partial charge on any atom is -0.472 e. The molecule has 3 aromatic rings. The van der Waals surface area contributed by atoms with Gasteiger partial charge in [0, 0.05) is 23.9 Å². The predicted octanol–water partition coefficient (Wildman–Crippen LogP) is 3.63. The lowest BCUT2D eigenvalue weighted by Crippen LogP contribution is -2.08. The third-order valence-corrected chi connectivity index (χ3v) is 4.30. The number of esters is 1. The fourth-order valence-corrected chi connectivity index (χ4v) is 2.74. The lowest BCUT2D eigenvalue weighted by atomic mass is 10.1. The highest BCUT2D eigenvalue weighted by Gasteiger charge is 2.14. The molecule has 0 fully saturated rings. The van der Waals surface area contributed by atoms with Crippen LogP contribution in [0.1, 0.15) is 22.3 Å². The summed E-state index contributed by atoms with van der Waals surface area (Å²) in [5, 5.41) is 13.0. The molecule has 1 heterocycles. The number of halogens is 2. The van der Waals surface area contributed by atoms with E-state index in [9.17, 15) is 13.6 Å². The topological polar surface area (TPSA) is 77.1 Å². The second-order valence-electron chi connectivity index (χ2n) is 6.29. The molecule has 0 amide bonds. The molecule has 0 bridgehead atoms. The second-order valence-corrected chi connectivity index (χ2v) is 6.29. The first-order valence-electron chi connectivity index (χ1n) is 8.64. The Labute approximate surface area is 165 Å². The van der Waals surface area contributed by atoms with Crippen molar-refractivity contribution in [3.05, 3.63) is 76.5 Å². The molecule has 29 heavy (non-hydrogen) atoms. The van der Waals surface area contributed by atoms with E-state index in [2.05, 4.69) is 9.84 Å². The fraction of sp³-hybridized carbons (Fsp3) is 0.190. The van der Waals surface area contributed by atoms with Crippen LogP contribution in [0.3, 0.4) is 0 Å². The maximum atomic E-state index is 14.4. The number of rotatable bonds is 6. The van der Waals surface area contributed by atoms with E-state index in [0.717, 1.165) is 6.07 Å². The number of benzene rings is 2. The minimum atomic E-state index is -0.548. The van der Waals surface area contributed by atoms with Gasteiger partial charge in [0.2, 0.25) is 5.88 Å². The first-order valence-corrected chi connectivity index (χ1v) is 8.64. The number of nitriles is 1. The average molecular weight is 397 g/mol. The number of hydrogen-bond acceptors (Lipinski definition) is 5. The lowest BCUT2D eigenvalue weighted by molar-refractivity contribution is -0.139. The molecular weight excluding hydrogens is 380 g/mol. The van der Waals surface area contributed by atoms with Crippen LogP contribution in [0.25, 0.3) is 5.69 Å². The van der Waals surface area contributed by atoms with Crippen LogP contribution in [0.15, 0.2) is 42.6 Å². The Kier molecular flexibility index (Phi) is 5.88. The van der Waals surface area contributed by atoms with Gasteiger partial charge in [0.1, 0.15) is 18.2 Å². The summed E-state index contributed by atoms with van der Waals surface area (Å²) in [5.41, 5.74) is 1.93. The maximum Gasteiger partial charge on any atom is 0.310 e. The van der Waals surface area contributed by atoms with Crippen molar-refractivity contribution in [1.29, 1.82) is 5.26 Å². The van der Waals surface area contributed by atoms with Crippen molar-refractivity contribution in [2.45, 2.75) is 20.0 Å². The molecule has 0 spiro atoms. The summed E-state index contributed by atoms with van der Waals surface area (Å²) >= 11 is 0. The smallest absolute Gasteiger partial charge is 0.310 e. The van der Waals surface area contributed by atoms with Gasteiger partial charge in [-0.3, -0.25) is 4.79 Å². The molecule has 0 unspecified atom stereocenters. The molecule has 148 valence electrons. The molecule has 0 N–H and O–H groups in total. The highest BCUT2D eigenvalue weighted by molar-refractivity contribution is 5.72. The predicted molar refractivity (Wildman–Crippen MR) is 99.4 cm³/mol. The monoisotopic (exact) mass is 397 g/mol. The van der Waals surface area contributed by atoms with Gasteiger partial charge < -0.3 is 9.47 Å². The molecular formula is C21H17F2N3O3. The SMILES string of the molecule is COC(=O)Cc1cc(C)c(-n2ccc(OCc3ccc(C#N)cc3F)n2)cc1F. The van der Waals surface area contributed by atoms with Crippen molar-refractivity contribution >= 4 is 5.97 Å². The maximum absolute atomic E-state index is 14.4. The van der Waals surface area contributed by atoms with Crippen molar-refractivity contribution < 1.29 is 23.0 Å². The molecule has 0 aliphatic rings. The quantitative estimate of drug-likeness (QED) is 0.594. The zero-order chi connectivity index (χ0) is 21.0. The van der Waals surface area contributed by atoms with Gasteiger partial charge in [0.05, 0.1) is 30.9 Å². The van der Waals surface area contributed by atoms with Crippen molar-refractivity contribution in [3.63, 3.8) is 0 Å². The number of carbonyl (C=O) groups is 1. The first kappa shape index (κ1) is 20.0. The highest BCUT2D eigenvalue weighted by Crippen LogP contribution is 2.22. The van der Waals surface area contributed by atoms with E-state index in [1.165, 1.54) is 30.0 Å². The largest absolute Gasteiger partial charge is 0.472 e. The van der Waals surface area contributed by atoms with E-state index in [1.54, 1.807) is 25.3 Å². The van der Waals surface area contributed by atoms with Gasteiger partial charge in [0.15, 0.2) is 0 Å².